The van der Waals surface area contributed by atoms with Crippen LogP contribution in [0.4, 0.5) is 11.4 Å². The fourth-order valence-electron chi connectivity index (χ4n) is 2.20. The molecule has 6 N–H and O–H groups in total. The lowest BCUT2D eigenvalue weighted by Crippen LogP contribution is -2.47. The first-order chi connectivity index (χ1) is 9.36. The van der Waals surface area contributed by atoms with Crippen LogP contribution < -0.4 is 16.2 Å². The monoisotopic (exact) mass is 301 g/mol. The molecule has 1 aliphatic heterocycles. The van der Waals surface area contributed by atoms with Gasteiger partial charge < -0.3 is 20.9 Å². The van der Waals surface area contributed by atoms with Crippen LogP contribution >= 0.6 is 0 Å². The minimum atomic E-state index is -3.77. The molecule has 1 aliphatic rings. The summed E-state index contributed by atoms with van der Waals surface area (Å²) in [5.41, 5.74) is 6.21. The van der Waals surface area contributed by atoms with Crippen LogP contribution in [0.1, 0.15) is 12.8 Å². The van der Waals surface area contributed by atoms with Crippen LogP contribution in [0.5, 0.6) is 0 Å². The lowest BCUT2D eigenvalue weighted by atomic mass is 9.90. The van der Waals surface area contributed by atoms with Gasteiger partial charge in [-0.1, -0.05) is 0 Å². The first kappa shape index (κ1) is 15.0. The molecule has 20 heavy (non-hydrogen) atoms. The third-order valence-electron chi connectivity index (χ3n) is 3.50. The molecule has 1 aromatic rings. The second-order valence-corrected chi connectivity index (χ2v) is 6.53. The lowest BCUT2D eigenvalue weighted by Gasteiger charge is -2.37. The number of sulfonamides is 1. The number of primary sulfonamides is 1. The van der Waals surface area contributed by atoms with Crippen LogP contribution in [0.2, 0.25) is 0 Å². The van der Waals surface area contributed by atoms with Gasteiger partial charge in [0.15, 0.2) is 0 Å². The van der Waals surface area contributed by atoms with E-state index in [1.165, 1.54) is 12.1 Å². The van der Waals surface area contributed by atoms with Crippen LogP contribution in [0.3, 0.4) is 0 Å². The average molecular weight is 301 g/mol. The van der Waals surface area contributed by atoms with E-state index in [1.54, 1.807) is 6.07 Å². The maximum atomic E-state index is 11.3. The van der Waals surface area contributed by atoms with Gasteiger partial charge >= 0.3 is 0 Å². The van der Waals surface area contributed by atoms with Crippen LogP contribution in [0, 0.1) is 0 Å². The van der Waals surface area contributed by atoms with Crippen LogP contribution in [-0.4, -0.2) is 38.9 Å². The maximum Gasteiger partial charge on any atom is 0.238 e. The number of nitrogens with one attached hydrogen (secondary N) is 1. The molecule has 1 fully saturated rings. The maximum absolute atomic E-state index is 11.3. The zero-order valence-electron chi connectivity index (χ0n) is 11.0. The molecule has 112 valence electrons. The van der Waals surface area contributed by atoms with E-state index >= 15 is 0 Å². The Morgan fingerprint density at radius 1 is 1.35 bits per heavy atom. The Hall–Kier alpha value is -1.35. The van der Waals surface area contributed by atoms with Gasteiger partial charge in [0.2, 0.25) is 10.0 Å². The van der Waals surface area contributed by atoms with Gasteiger partial charge in [0.25, 0.3) is 0 Å². The highest BCUT2D eigenvalue weighted by molar-refractivity contribution is 7.89. The Labute approximate surface area is 118 Å². The van der Waals surface area contributed by atoms with Crippen molar-refractivity contribution in [3.63, 3.8) is 0 Å². The second kappa shape index (κ2) is 5.57. The van der Waals surface area contributed by atoms with E-state index in [4.69, 9.17) is 15.6 Å². The molecule has 0 aromatic heterocycles. The zero-order chi connectivity index (χ0) is 14.8. The van der Waals surface area contributed by atoms with Crippen molar-refractivity contribution in [2.75, 3.05) is 30.9 Å². The SMILES string of the molecule is Nc1cc(S(N)(=O)=O)ccc1NC1(CO)CCOCC1. The first-order valence-electron chi connectivity index (χ1n) is 6.25. The largest absolute Gasteiger partial charge is 0.397 e. The molecule has 1 heterocycles. The molecule has 0 bridgehead atoms. The lowest BCUT2D eigenvalue weighted by molar-refractivity contribution is 0.0380. The quantitative estimate of drug-likeness (QED) is 0.574. The average Bonchev–Trinajstić information content (AvgIpc) is 2.41. The molecule has 1 aromatic carbocycles. The number of hydrogen-bond acceptors (Lipinski definition) is 6. The molecule has 2 rings (SSSR count). The summed E-state index contributed by atoms with van der Waals surface area (Å²) in [5, 5.41) is 17.9. The van der Waals surface area contributed by atoms with Crippen LogP contribution in [-0.2, 0) is 14.8 Å². The molecule has 0 aliphatic carbocycles. The topological polar surface area (TPSA) is 128 Å². The van der Waals surface area contributed by atoms with Gasteiger partial charge in [0.05, 0.1) is 28.4 Å². The van der Waals surface area contributed by atoms with Gasteiger partial charge in [-0.25, -0.2) is 13.6 Å². The molecule has 0 atom stereocenters. The summed E-state index contributed by atoms with van der Waals surface area (Å²) in [6, 6.07) is 4.25. The Balaban J connectivity index is 2.25. The number of rotatable bonds is 4. The highest BCUT2D eigenvalue weighted by Crippen LogP contribution is 2.30. The highest BCUT2D eigenvalue weighted by atomic mass is 32.2. The van der Waals surface area contributed by atoms with Crippen molar-refractivity contribution in [2.45, 2.75) is 23.3 Å². The van der Waals surface area contributed by atoms with E-state index in [0.29, 0.717) is 31.7 Å². The number of aliphatic hydroxyl groups is 1. The number of ether oxygens (including phenoxy) is 1. The fourth-order valence-corrected chi connectivity index (χ4v) is 2.75. The summed E-state index contributed by atoms with van der Waals surface area (Å²) in [6.45, 7) is 1.07. The summed E-state index contributed by atoms with van der Waals surface area (Å²) < 4.78 is 27.8. The molecule has 8 heteroatoms. The molecule has 0 spiro atoms. The summed E-state index contributed by atoms with van der Waals surface area (Å²) >= 11 is 0. The van der Waals surface area contributed by atoms with E-state index in [2.05, 4.69) is 5.32 Å². The third-order valence-corrected chi connectivity index (χ3v) is 4.41. The minimum Gasteiger partial charge on any atom is -0.397 e. The number of hydrogen-bond donors (Lipinski definition) is 4. The van der Waals surface area contributed by atoms with E-state index in [0.717, 1.165) is 0 Å². The summed E-state index contributed by atoms with van der Waals surface area (Å²) in [6.07, 6.45) is 1.31. The minimum absolute atomic E-state index is 0.0365. The van der Waals surface area contributed by atoms with Crippen molar-refractivity contribution in [1.29, 1.82) is 0 Å². The molecular weight excluding hydrogens is 282 g/mol. The third kappa shape index (κ3) is 3.21. The van der Waals surface area contributed by atoms with E-state index in [-0.39, 0.29) is 17.2 Å². The smallest absolute Gasteiger partial charge is 0.238 e. The van der Waals surface area contributed by atoms with E-state index < -0.39 is 15.6 Å². The first-order valence-corrected chi connectivity index (χ1v) is 7.80. The van der Waals surface area contributed by atoms with Gasteiger partial charge in [0, 0.05) is 13.2 Å². The number of benzene rings is 1. The number of aliphatic hydroxyl groups excluding tert-OH is 1. The number of nitrogens with two attached hydrogens (primary N) is 2. The van der Waals surface area contributed by atoms with Crippen molar-refractivity contribution < 1.29 is 18.3 Å². The van der Waals surface area contributed by atoms with E-state index in [1.807, 2.05) is 0 Å². The molecule has 0 unspecified atom stereocenters. The van der Waals surface area contributed by atoms with Crippen LogP contribution in [0.15, 0.2) is 23.1 Å². The molecular formula is C12H19N3O4S. The summed E-state index contributed by atoms with van der Waals surface area (Å²) in [5.74, 6) is 0. The van der Waals surface area contributed by atoms with E-state index in [9.17, 15) is 13.5 Å². The van der Waals surface area contributed by atoms with Gasteiger partial charge in [-0.3, -0.25) is 0 Å². The van der Waals surface area contributed by atoms with Gasteiger partial charge in [-0.15, -0.1) is 0 Å². The van der Waals surface area contributed by atoms with Crippen LogP contribution in [0.25, 0.3) is 0 Å². The summed E-state index contributed by atoms with van der Waals surface area (Å²) in [4.78, 5) is -0.0365. The summed E-state index contributed by atoms with van der Waals surface area (Å²) in [7, 11) is -3.77. The highest BCUT2D eigenvalue weighted by Gasteiger charge is 2.32. The van der Waals surface area contributed by atoms with Gasteiger partial charge in [-0.2, -0.15) is 0 Å². The Morgan fingerprint density at radius 2 is 2.00 bits per heavy atom. The van der Waals surface area contributed by atoms with Gasteiger partial charge in [-0.05, 0) is 31.0 Å². The Kier molecular flexibility index (Phi) is 4.19. The molecule has 0 radical (unpaired) electrons. The number of nitrogen functional groups attached to an aromatic ring is 1. The normalized spacial score (nSPS) is 18.7. The van der Waals surface area contributed by atoms with Crippen molar-refractivity contribution in [3.8, 4) is 0 Å². The zero-order valence-corrected chi connectivity index (χ0v) is 11.8. The van der Waals surface area contributed by atoms with Gasteiger partial charge in [0.1, 0.15) is 0 Å². The standard InChI is InChI=1S/C12H19N3O4S/c13-10-7-9(20(14,17)18)1-2-11(10)15-12(8-16)3-5-19-6-4-12/h1-2,7,15-16H,3-6,8,13H2,(H2,14,17,18). The van der Waals surface area contributed by atoms with Crippen molar-refractivity contribution in [3.05, 3.63) is 18.2 Å². The van der Waals surface area contributed by atoms with Crippen molar-refractivity contribution in [2.24, 2.45) is 5.14 Å². The Morgan fingerprint density at radius 3 is 2.50 bits per heavy atom. The Bertz CT molecular complexity index is 582. The predicted octanol–water partition coefficient (Wildman–Crippen LogP) is -0.130. The predicted molar refractivity (Wildman–Crippen MR) is 75.7 cm³/mol. The number of anilines is 2. The molecule has 0 saturated carbocycles. The molecule has 1 saturated heterocycles. The molecule has 0 amide bonds. The second-order valence-electron chi connectivity index (χ2n) is 4.97. The molecule has 7 nitrogen and oxygen atoms in total. The van der Waals surface area contributed by atoms with Crippen molar-refractivity contribution in [1.82, 2.24) is 0 Å². The fraction of sp³-hybridized carbons (Fsp3) is 0.500. The van der Waals surface area contributed by atoms with Crippen molar-refractivity contribution >= 4 is 21.4 Å².